The summed E-state index contributed by atoms with van der Waals surface area (Å²) in [7, 11) is 0. The van der Waals surface area contributed by atoms with E-state index in [1.54, 1.807) is 6.07 Å². The second kappa shape index (κ2) is 8.16. The van der Waals surface area contributed by atoms with Gasteiger partial charge in [0, 0.05) is 24.5 Å². The smallest absolute Gasteiger partial charge is 0.252 e. The van der Waals surface area contributed by atoms with Crippen LogP contribution in [0.4, 0.5) is 17.2 Å². The van der Waals surface area contributed by atoms with E-state index in [0.29, 0.717) is 23.6 Å². The maximum absolute atomic E-state index is 11.7. The van der Waals surface area contributed by atoms with Crippen molar-refractivity contribution in [1.82, 2.24) is 4.98 Å². The molecule has 2 aromatic carbocycles. The predicted molar refractivity (Wildman–Crippen MR) is 106 cm³/mol. The van der Waals surface area contributed by atoms with Crippen molar-refractivity contribution in [1.29, 1.82) is 0 Å². The molecule has 0 radical (unpaired) electrons. The average Bonchev–Trinajstić information content (AvgIpc) is 2.68. The summed E-state index contributed by atoms with van der Waals surface area (Å²) in [6.45, 7) is 2.72. The molecule has 0 aliphatic rings. The highest BCUT2D eigenvalue weighted by Crippen LogP contribution is 2.22. The van der Waals surface area contributed by atoms with Gasteiger partial charge in [0.05, 0.1) is 11.3 Å². The van der Waals surface area contributed by atoms with Gasteiger partial charge in [-0.25, -0.2) is 4.98 Å². The highest BCUT2D eigenvalue weighted by atomic mass is 16.1. The summed E-state index contributed by atoms with van der Waals surface area (Å²) in [4.78, 5) is 16.0. The molecule has 0 aliphatic heterocycles. The minimum Gasteiger partial charge on any atom is -0.380 e. The summed E-state index contributed by atoms with van der Waals surface area (Å²) in [5, 5.41) is 6.53. The summed E-state index contributed by atoms with van der Waals surface area (Å²) in [6.07, 6.45) is 2.50. The van der Waals surface area contributed by atoms with Crippen molar-refractivity contribution in [3.8, 4) is 0 Å². The van der Waals surface area contributed by atoms with E-state index in [-0.39, 0.29) is 0 Å². The number of nitrogens with one attached hydrogen (secondary N) is 2. The molecule has 26 heavy (non-hydrogen) atoms. The molecule has 3 rings (SSSR count). The van der Waals surface area contributed by atoms with Gasteiger partial charge in [-0.1, -0.05) is 49.4 Å². The Morgan fingerprint density at radius 3 is 2.42 bits per heavy atom. The van der Waals surface area contributed by atoms with Gasteiger partial charge in [-0.15, -0.1) is 0 Å². The van der Waals surface area contributed by atoms with E-state index in [9.17, 15) is 4.79 Å². The first kappa shape index (κ1) is 17.5. The van der Waals surface area contributed by atoms with Gasteiger partial charge in [-0.3, -0.25) is 4.79 Å². The number of primary amides is 1. The zero-order valence-corrected chi connectivity index (χ0v) is 14.7. The number of hydrogen-bond donors (Lipinski definition) is 3. The van der Waals surface area contributed by atoms with Crippen LogP contribution in [0.1, 0.15) is 28.4 Å². The van der Waals surface area contributed by atoms with E-state index < -0.39 is 5.91 Å². The van der Waals surface area contributed by atoms with Crippen molar-refractivity contribution in [3.63, 3.8) is 0 Å². The molecule has 0 spiro atoms. The Morgan fingerprint density at radius 2 is 1.77 bits per heavy atom. The van der Waals surface area contributed by atoms with E-state index in [4.69, 9.17) is 5.73 Å². The van der Waals surface area contributed by atoms with Gasteiger partial charge >= 0.3 is 0 Å². The Kier molecular flexibility index (Phi) is 5.49. The molecule has 1 amide bonds. The maximum atomic E-state index is 11.7. The molecule has 5 heteroatoms. The number of pyridine rings is 1. The predicted octanol–water partition coefficient (Wildman–Crippen LogP) is 4.10. The minimum absolute atomic E-state index is 0.368. The van der Waals surface area contributed by atoms with Crippen LogP contribution in [0.15, 0.2) is 66.9 Å². The number of carbonyl (C=O) groups excluding carboxylic acids is 1. The summed E-state index contributed by atoms with van der Waals surface area (Å²) in [5.41, 5.74) is 9.83. The van der Waals surface area contributed by atoms with Crippen LogP contribution in [-0.2, 0) is 13.0 Å². The van der Waals surface area contributed by atoms with Gasteiger partial charge < -0.3 is 16.4 Å². The zero-order valence-electron chi connectivity index (χ0n) is 14.7. The van der Waals surface area contributed by atoms with Crippen LogP contribution in [0.25, 0.3) is 0 Å². The lowest BCUT2D eigenvalue weighted by Gasteiger charge is -2.13. The van der Waals surface area contributed by atoms with Crippen molar-refractivity contribution in [2.75, 3.05) is 10.6 Å². The van der Waals surface area contributed by atoms with Crippen molar-refractivity contribution in [3.05, 3.63) is 83.6 Å². The average molecular weight is 346 g/mol. The number of aromatic nitrogens is 1. The molecule has 0 saturated heterocycles. The number of anilines is 3. The van der Waals surface area contributed by atoms with Gasteiger partial charge in [0.15, 0.2) is 0 Å². The Hall–Kier alpha value is -3.34. The Labute approximate surface area is 153 Å². The largest absolute Gasteiger partial charge is 0.380 e. The van der Waals surface area contributed by atoms with Crippen LogP contribution in [-0.4, -0.2) is 10.9 Å². The Morgan fingerprint density at radius 1 is 1.04 bits per heavy atom. The molecule has 0 saturated carbocycles. The Balaban J connectivity index is 1.79. The normalized spacial score (nSPS) is 10.3. The molecule has 3 aromatic rings. The van der Waals surface area contributed by atoms with E-state index in [0.717, 1.165) is 17.7 Å². The highest BCUT2D eigenvalue weighted by Gasteiger charge is 2.10. The lowest BCUT2D eigenvalue weighted by atomic mass is 10.1. The third-order valence-corrected chi connectivity index (χ3v) is 4.13. The zero-order chi connectivity index (χ0) is 18.4. The SMILES string of the molecule is CCc1ccc(Nc2cc(NCc3ccccc3)c(C(N)=O)cn2)cc1. The van der Waals surface area contributed by atoms with Gasteiger partial charge in [0.1, 0.15) is 5.82 Å². The monoisotopic (exact) mass is 346 g/mol. The van der Waals surface area contributed by atoms with Crippen LogP contribution in [0.3, 0.4) is 0 Å². The fourth-order valence-corrected chi connectivity index (χ4v) is 2.63. The summed E-state index contributed by atoms with van der Waals surface area (Å²) >= 11 is 0. The first-order valence-electron chi connectivity index (χ1n) is 8.59. The van der Waals surface area contributed by atoms with Crippen molar-refractivity contribution < 1.29 is 4.79 Å². The molecule has 132 valence electrons. The molecule has 0 bridgehead atoms. The van der Waals surface area contributed by atoms with Gasteiger partial charge in [0.25, 0.3) is 5.91 Å². The summed E-state index contributed by atoms with van der Waals surface area (Å²) in [6, 6.07) is 20.0. The lowest BCUT2D eigenvalue weighted by molar-refractivity contribution is 0.100. The van der Waals surface area contributed by atoms with Crippen LogP contribution >= 0.6 is 0 Å². The van der Waals surface area contributed by atoms with Crippen LogP contribution < -0.4 is 16.4 Å². The molecule has 0 atom stereocenters. The minimum atomic E-state index is -0.507. The molecular weight excluding hydrogens is 324 g/mol. The first-order chi connectivity index (χ1) is 12.7. The molecular formula is C21H22N4O. The number of benzene rings is 2. The number of aryl methyl sites for hydroxylation is 1. The van der Waals surface area contributed by atoms with Gasteiger partial charge in [-0.05, 0) is 29.7 Å². The standard InChI is InChI=1S/C21H22N4O/c1-2-15-8-10-17(11-9-15)25-20-12-19(18(14-24-20)21(22)26)23-13-16-6-4-3-5-7-16/h3-12,14H,2,13H2,1H3,(H2,22,26)(H2,23,24,25). The summed E-state index contributed by atoms with van der Waals surface area (Å²) in [5.74, 6) is 0.140. The van der Waals surface area contributed by atoms with Gasteiger partial charge in [-0.2, -0.15) is 0 Å². The third kappa shape index (κ3) is 4.39. The highest BCUT2D eigenvalue weighted by molar-refractivity contribution is 5.98. The first-order valence-corrected chi connectivity index (χ1v) is 8.59. The van der Waals surface area contributed by atoms with Crippen LogP contribution in [0.5, 0.6) is 0 Å². The number of carbonyl (C=O) groups is 1. The van der Waals surface area contributed by atoms with Crippen molar-refractivity contribution >= 4 is 23.1 Å². The third-order valence-electron chi connectivity index (χ3n) is 4.13. The quantitative estimate of drug-likeness (QED) is 0.602. The van der Waals surface area contributed by atoms with Crippen LogP contribution in [0.2, 0.25) is 0 Å². The molecule has 5 nitrogen and oxygen atoms in total. The molecule has 4 N–H and O–H groups in total. The number of nitrogens with two attached hydrogens (primary N) is 1. The van der Waals surface area contributed by atoms with Crippen molar-refractivity contribution in [2.45, 2.75) is 19.9 Å². The second-order valence-electron chi connectivity index (χ2n) is 5.99. The lowest BCUT2D eigenvalue weighted by Crippen LogP contribution is -2.15. The molecule has 1 heterocycles. The van der Waals surface area contributed by atoms with Crippen LogP contribution in [0, 0.1) is 0 Å². The van der Waals surface area contributed by atoms with Gasteiger partial charge in [0.2, 0.25) is 0 Å². The topological polar surface area (TPSA) is 80.0 Å². The van der Waals surface area contributed by atoms with Crippen molar-refractivity contribution in [2.24, 2.45) is 5.73 Å². The number of amides is 1. The fourth-order valence-electron chi connectivity index (χ4n) is 2.63. The van der Waals surface area contributed by atoms with E-state index in [2.05, 4.69) is 34.7 Å². The fraction of sp³-hybridized carbons (Fsp3) is 0.143. The number of hydrogen-bond acceptors (Lipinski definition) is 4. The number of nitrogens with zero attached hydrogens (tertiary/aromatic N) is 1. The number of rotatable bonds is 7. The maximum Gasteiger partial charge on any atom is 0.252 e. The Bertz CT molecular complexity index is 876. The molecule has 0 unspecified atom stereocenters. The molecule has 1 aromatic heterocycles. The van der Waals surface area contributed by atoms with E-state index >= 15 is 0 Å². The summed E-state index contributed by atoms with van der Waals surface area (Å²) < 4.78 is 0. The van der Waals surface area contributed by atoms with E-state index in [1.807, 2.05) is 42.5 Å². The van der Waals surface area contributed by atoms with E-state index in [1.165, 1.54) is 11.8 Å². The molecule has 0 aliphatic carbocycles. The second-order valence-corrected chi connectivity index (χ2v) is 5.99. The molecule has 0 fully saturated rings.